The summed E-state index contributed by atoms with van der Waals surface area (Å²) in [4.78, 5) is 1.09. The van der Waals surface area contributed by atoms with Crippen LogP contribution < -0.4 is 11.3 Å². The lowest BCUT2D eigenvalue weighted by Gasteiger charge is -2.17. The standard InChI is InChI=1S/C11H13Br3N4OS/c1-19-3-2-18-10(7(13)5-16-18)9(17-15)8-4-6(12)11(14)20-8/h4-5,9,17H,2-3,15H2,1H3. The Balaban J connectivity index is 2.38. The summed E-state index contributed by atoms with van der Waals surface area (Å²) in [7, 11) is 1.67. The van der Waals surface area contributed by atoms with E-state index in [1.54, 1.807) is 24.6 Å². The molecule has 0 aromatic carbocycles. The zero-order valence-electron chi connectivity index (χ0n) is 10.6. The summed E-state index contributed by atoms with van der Waals surface area (Å²) >= 11 is 12.2. The number of halogens is 3. The molecule has 5 nitrogen and oxygen atoms in total. The van der Waals surface area contributed by atoms with Gasteiger partial charge in [-0.3, -0.25) is 10.5 Å². The molecule has 0 bridgehead atoms. The van der Waals surface area contributed by atoms with E-state index in [0.717, 1.165) is 23.3 Å². The van der Waals surface area contributed by atoms with Gasteiger partial charge in [0.25, 0.3) is 0 Å². The molecule has 0 aliphatic heterocycles. The van der Waals surface area contributed by atoms with Gasteiger partial charge in [-0.25, -0.2) is 5.43 Å². The SMILES string of the molecule is COCCn1ncc(Br)c1C(NN)c1cc(Br)c(Br)s1. The first-order valence-electron chi connectivity index (χ1n) is 5.69. The lowest BCUT2D eigenvalue weighted by molar-refractivity contribution is 0.182. The predicted molar refractivity (Wildman–Crippen MR) is 90.7 cm³/mol. The average molecular weight is 489 g/mol. The molecule has 2 rings (SSSR count). The van der Waals surface area contributed by atoms with Gasteiger partial charge in [0, 0.05) is 16.5 Å². The van der Waals surface area contributed by atoms with E-state index >= 15 is 0 Å². The van der Waals surface area contributed by atoms with Crippen LogP contribution >= 0.6 is 59.1 Å². The highest BCUT2D eigenvalue weighted by Crippen LogP contribution is 2.38. The summed E-state index contributed by atoms with van der Waals surface area (Å²) in [5.74, 6) is 5.75. The minimum atomic E-state index is -0.142. The second-order valence-electron chi connectivity index (χ2n) is 3.96. The van der Waals surface area contributed by atoms with E-state index in [1.165, 1.54) is 0 Å². The monoisotopic (exact) mass is 486 g/mol. The molecule has 1 atom stereocenters. The van der Waals surface area contributed by atoms with E-state index < -0.39 is 0 Å². The Labute approximate surface area is 146 Å². The molecule has 0 amide bonds. The number of rotatable bonds is 6. The molecule has 1 unspecified atom stereocenters. The minimum Gasteiger partial charge on any atom is -0.383 e. The van der Waals surface area contributed by atoms with Crippen LogP contribution in [0.25, 0.3) is 0 Å². The van der Waals surface area contributed by atoms with E-state index in [-0.39, 0.29) is 6.04 Å². The third-order valence-electron chi connectivity index (χ3n) is 2.73. The summed E-state index contributed by atoms with van der Waals surface area (Å²) < 4.78 is 9.96. The van der Waals surface area contributed by atoms with Crippen LogP contribution in [0.1, 0.15) is 16.6 Å². The van der Waals surface area contributed by atoms with Gasteiger partial charge >= 0.3 is 0 Å². The van der Waals surface area contributed by atoms with Crippen LogP contribution in [0, 0.1) is 0 Å². The highest BCUT2D eigenvalue weighted by Gasteiger charge is 2.23. The van der Waals surface area contributed by atoms with Gasteiger partial charge in [-0.2, -0.15) is 5.10 Å². The van der Waals surface area contributed by atoms with Crippen molar-refractivity contribution in [3.8, 4) is 0 Å². The van der Waals surface area contributed by atoms with Crippen molar-refractivity contribution in [1.29, 1.82) is 0 Å². The number of nitrogens with one attached hydrogen (secondary N) is 1. The first-order valence-corrected chi connectivity index (χ1v) is 8.89. The maximum absolute atomic E-state index is 5.75. The van der Waals surface area contributed by atoms with Crippen LogP contribution in [0.3, 0.4) is 0 Å². The van der Waals surface area contributed by atoms with Crippen molar-refractivity contribution in [2.75, 3.05) is 13.7 Å². The number of ether oxygens (including phenoxy) is 1. The Morgan fingerprint density at radius 2 is 2.20 bits per heavy atom. The van der Waals surface area contributed by atoms with Crippen molar-refractivity contribution in [3.63, 3.8) is 0 Å². The average Bonchev–Trinajstić information content (AvgIpc) is 2.94. The van der Waals surface area contributed by atoms with E-state index in [0.29, 0.717) is 13.2 Å². The summed E-state index contributed by atoms with van der Waals surface area (Å²) in [6.45, 7) is 1.26. The minimum absolute atomic E-state index is 0.142. The number of nitrogens with two attached hydrogens (primary N) is 1. The van der Waals surface area contributed by atoms with Gasteiger partial charge in [-0.15, -0.1) is 11.3 Å². The molecule has 0 fully saturated rings. The van der Waals surface area contributed by atoms with E-state index in [1.807, 2.05) is 10.7 Å². The lowest BCUT2D eigenvalue weighted by Crippen LogP contribution is -2.30. The maximum Gasteiger partial charge on any atom is 0.0982 e. The Morgan fingerprint density at radius 1 is 1.45 bits per heavy atom. The first kappa shape index (κ1) is 16.6. The molecule has 2 heterocycles. The molecular weight excluding hydrogens is 476 g/mol. The second kappa shape index (κ2) is 7.48. The number of methoxy groups -OCH3 is 1. The molecule has 0 aliphatic rings. The molecule has 9 heteroatoms. The maximum atomic E-state index is 5.75. The second-order valence-corrected chi connectivity index (χ2v) is 8.07. The fourth-order valence-corrected chi connectivity index (χ4v) is 4.50. The number of aromatic nitrogens is 2. The normalized spacial score (nSPS) is 12.8. The smallest absolute Gasteiger partial charge is 0.0982 e. The highest BCUT2D eigenvalue weighted by molar-refractivity contribution is 9.13. The zero-order chi connectivity index (χ0) is 14.7. The van der Waals surface area contributed by atoms with Crippen LogP contribution in [-0.4, -0.2) is 23.5 Å². The van der Waals surface area contributed by atoms with Gasteiger partial charge in [-0.05, 0) is 53.9 Å². The molecule has 110 valence electrons. The van der Waals surface area contributed by atoms with Gasteiger partial charge in [0.2, 0.25) is 0 Å². The van der Waals surface area contributed by atoms with Gasteiger partial charge in [0.1, 0.15) is 0 Å². The fourth-order valence-electron chi connectivity index (χ4n) is 1.82. The molecule has 2 aromatic heterocycles. The largest absolute Gasteiger partial charge is 0.383 e. The Morgan fingerprint density at radius 3 is 2.75 bits per heavy atom. The Kier molecular flexibility index (Phi) is 6.21. The molecule has 2 aromatic rings. The molecule has 3 N–H and O–H groups in total. The van der Waals surface area contributed by atoms with Crippen LogP contribution in [0.15, 0.2) is 25.0 Å². The van der Waals surface area contributed by atoms with Gasteiger partial charge < -0.3 is 4.74 Å². The highest BCUT2D eigenvalue weighted by atomic mass is 79.9. The Bertz CT molecular complexity index is 567. The molecule has 0 radical (unpaired) electrons. The van der Waals surface area contributed by atoms with Crippen LogP contribution in [0.4, 0.5) is 0 Å². The van der Waals surface area contributed by atoms with E-state index in [2.05, 4.69) is 58.3 Å². The molecule has 20 heavy (non-hydrogen) atoms. The summed E-state index contributed by atoms with van der Waals surface area (Å²) in [5, 5.41) is 4.35. The third kappa shape index (κ3) is 3.52. The predicted octanol–water partition coefficient (Wildman–Crippen LogP) is 3.43. The van der Waals surface area contributed by atoms with E-state index in [4.69, 9.17) is 10.6 Å². The fraction of sp³-hybridized carbons (Fsp3) is 0.364. The summed E-state index contributed by atoms with van der Waals surface area (Å²) in [6, 6.07) is 1.90. The first-order chi connectivity index (χ1) is 9.58. The van der Waals surface area contributed by atoms with Crippen molar-refractivity contribution >= 4 is 59.1 Å². The summed E-state index contributed by atoms with van der Waals surface area (Å²) in [5.41, 5.74) is 3.83. The molecule has 0 aliphatic carbocycles. The quantitative estimate of drug-likeness (QED) is 0.483. The number of hydrogen-bond donors (Lipinski definition) is 2. The van der Waals surface area contributed by atoms with Crippen molar-refractivity contribution in [3.05, 3.63) is 35.6 Å². The number of nitrogens with zero attached hydrogens (tertiary/aromatic N) is 2. The van der Waals surface area contributed by atoms with Crippen LogP contribution in [0.2, 0.25) is 0 Å². The van der Waals surface area contributed by atoms with Crippen molar-refractivity contribution < 1.29 is 4.74 Å². The van der Waals surface area contributed by atoms with Crippen molar-refractivity contribution in [2.24, 2.45) is 5.84 Å². The molecular formula is C11H13Br3N4OS. The van der Waals surface area contributed by atoms with Crippen LogP contribution in [0.5, 0.6) is 0 Å². The van der Waals surface area contributed by atoms with Gasteiger partial charge in [-0.1, -0.05) is 0 Å². The van der Waals surface area contributed by atoms with E-state index in [9.17, 15) is 0 Å². The summed E-state index contributed by atoms with van der Waals surface area (Å²) in [6.07, 6.45) is 1.77. The molecule has 0 spiro atoms. The molecule has 0 saturated carbocycles. The van der Waals surface area contributed by atoms with Crippen molar-refractivity contribution in [1.82, 2.24) is 15.2 Å². The van der Waals surface area contributed by atoms with Gasteiger partial charge in [0.05, 0.1) is 39.3 Å². The number of hydrogen-bond acceptors (Lipinski definition) is 5. The third-order valence-corrected chi connectivity index (χ3v) is 6.66. The lowest BCUT2D eigenvalue weighted by atomic mass is 10.2. The topological polar surface area (TPSA) is 65.1 Å². The number of thiophene rings is 1. The van der Waals surface area contributed by atoms with Crippen LogP contribution in [-0.2, 0) is 11.3 Å². The molecule has 0 saturated heterocycles. The van der Waals surface area contributed by atoms with Gasteiger partial charge in [0.15, 0.2) is 0 Å². The Hall–Kier alpha value is 0.230. The van der Waals surface area contributed by atoms with Crippen molar-refractivity contribution in [2.45, 2.75) is 12.6 Å². The zero-order valence-corrected chi connectivity index (χ0v) is 16.1. The number of hydrazine groups is 1.